The van der Waals surface area contributed by atoms with E-state index in [2.05, 4.69) is 82.4 Å². The van der Waals surface area contributed by atoms with Gasteiger partial charge in [-0.2, -0.15) is 0 Å². The molecule has 0 aliphatic rings. The number of benzene rings is 2. The van der Waals surface area contributed by atoms with Gasteiger partial charge in [0.15, 0.2) is 0 Å². The van der Waals surface area contributed by atoms with E-state index in [0.717, 1.165) is 0 Å². The van der Waals surface area contributed by atoms with Gasteiger partial charge < -0.3 is 5.32 Å². The second-order valence-corrected chi connectivity index (χ2v) is 6.00. The molecule has 0 saturated carbocycles. The fraction of sp³-hybridized carbons (Fsp3) is 0.368. The summed E-state index contributed by atoms with van der Waals surface area (Å²) in [6.07, 6.45) is 0. The van der Waals surface area contributed by atoms with Crippen molar-refractivity contribution >= 4 is 5.69 Å². The molecule has 2 rings (SSSR count). The third-order valence-corrected chi connectivity index (χ3v) is 3.85. The van der Waals surface area contributed by atoms with E-state index in [1.54, 1.807) is 0 Å². The molecule has 20 heavy (non-hydrogen) atoms. The van der Waals surface area contributed by atoms with Gasteiger partial charge in [0.25, 0.3) is 0 Å². The Morgan fingerprint density at radius 3 is 2.05 bits per heavy atom. The van der Waals surface area contributed by atoms with E-state index in [-0.39, 0.29) is 0 Å². The second kappa shape index (κ2) is 6.13. The van der Waals surface area contributed by atoms with Gasteiger partial charge in [0.1, 0.15) is 0 Å². The lowest BCUT2D eigenvalue weighted by molar-refractivity contribution is 0.860. The molecule has 1 nitrogen and oxygen atoms in total. The third-order valence-electron chi connectivity index (χ3n) is 3.85. The van der Waals surface area contributed by atoms with Crippen LogP contribution in [0.2, 0.25) is 0 Å². The summed E-state index contributed by atoms with van der Waals surface area (Å²) >= 11 is 0. The van der Waals surface area contributed by atoms with E-state index in [4.69, 9.17) is 0 Å². The Kier molecular flexibility index (Phi) is 4.49. The highest BCUT2D eigenvalue weighted by Crippen LogP contribution is 2.24. The van der Waals surface area contributed by atoms with Gasteiger partial charge in [-0.25, -0.2) is 0 Å². The van der Waals surface area contributed by atoms with Gasteiger partial charge in [0.2, 0.25) is 0 Å². The molecular formula is C19H25N. The summed E-state index contributed by atoms with van der Waals surface area (Å²) in [4.78, 5) is 0. The Morgan fingerprint density at radius 1 is 0.850 bits per heavy atom. The summed E-state index contributed by atoms with van der Waals surface area (Å²) in [7, 11) is 0. The van der Waals surface area contributed by atoms with Crippen molar-refractivity contribution in [1.29, 1.82) is 0 Å². The maximum absolute atomic E-state index is 3.58. The van der Waals surface area contributed by atoms with Crippen LogP contribution >= 0.6 is 0 Å². The highest BCUT2D eigenvalue weighted by Gasteiger charge is 2.08. The molecule has 0 amide bonds. The number of hydrogen-bond acceptors (Lipinski definition) is 1. The quantitative estimate of drug-likeness (QED) is 0.760. The summed E-state index contributed by atoms with van der Waals surface area (Å²) in [6, 6.07) is 15.7. The molecule has 1 heteroatoms. The number of rotatable bonds is 4. The molecule has 0 radical (unpaired) electrons. The first kappa shape index (κ1) is 14.6. The van der Waals surface area contributed by atoms with Crippen molar-refractivity contribution < 1.29 is 0 Å². The highest BCUT2D eigenvalue weighted by molar-refractivity contribution is 5.48. The van der Waals surface area contributed by atoms with Crippen LogP contribution in [0.3, 0.4) is 0 Å². The maximum Gasteiger partial charge on any atom is 0.0488 e. The molecule has 1 N–H and O–H groups in total. The zero-order valence-corrected chi connectivity index (χ0v) is 13.2. The van der Waals surface area contributed by atoms with Crippen LogP contribution < -0.4 is 5.32 Å². The van der Waals surface area contributed by atoms with Crippen molar-refractivity contribution in [3.8, 4) is 0 Å². The minimum Gasteiger partial charge on any atom is -0.379 e. The van der Waals surface area contributed by atoms with Crippen molar-refractivity contribution in [2.24, 2.45) is 0 Å². The molecule has 0 aliphatic carbocycles. The highest BCUT2D eigenvalue weighted by atomic mass is 14.9. The van der Waals surface area contributed by atoms with Gasteiger partial charge in [-0.05, 0) is 55.5 Å². The van der Waals surface area contributed by atoms with Crippen LogP contribution in [0.4, 0.5) is 5.69 Å². The van der Waals surface area contributed by atoms with Crippen molar-refractivity contribution in [3.63, 3.8) is 0 Å². The molecule has 2 aromatic rings. The Hall–Kier alpha value is -1.76. The van der Waals surface area contributed by atoms with E-state index in [9.17, 15) is 0 Å². The summed E-state index contributed by atoms with van der Waals surface area (Å²) < 4.78 is 0. The van der Waals surface area contributed by atoms with Crippen LogP contribution in [0.1, 0.15) is 55.0 Å². The molecule has 1 atom stereocenters. The molecular weight excluding hydrogens is 242 g/mol. The first-order valence-electron chi connectivity index (χ1n) is 7.41. The van der Waals surface area contributed by atoms with Crippen LogP contribution in [0.15, 0.2) is 42.5 Å². The maximum atomic E-state index is 3.58. The monoisotopic (exact) mass is 267 g/mol. The van der Waals surface area contributed by atoms with E-state index in [0.29, 0.717) is 12.0 Å². The van der Waals surface area contributed by atoms with Crippen molar-refractivity contribution in [2.75, 3.05) is 5.32 Å². The van der Waals surface area contributed by atoms with Crippen molar-refractivity contribution in [3.05, 3.63) is 64.7 Å². The molecule has 0 fully saturated rings. The number of anilines is 1. The minimum absolute atomic E-state index is 0.320. The Bertz CT molecular complexity index is 567. The summed E-state index contributed by atoms with van der Waals surface area (Å²) in [5.74, 6) is 0.584. The van der Waals surface area contributed by atoms with Gasteiger partial charge >= 0.3 is 0 Å². The fourth-order valence-electron chi connectivity index (χ4n) is 2.60. The second-order valence-electron chi connectivity index (χ2n) is 6.00. The topological polar surface area (TPSA) is 12.0 Å². The van der Waals surface area contributed by atoms with Crippen LogP contribution in [0.25, 0.3) is 0 Å². The predicted octanol–water partition coefficient (Wildman–Crippen LogP) is 5.60. The lowest BCUT2D eigenvalue weighted by Crippen LogP contribution is -2.08. The van der Waals surface area contributed by atoms with Crippen LogP contribution in [0.5, 0.6) is 0 Å². The lowest BCUT2D eigenvalue weighted by atomic mass is 9.99. The van der Waals surface area contributed by atoms with Crippen LogP contribution in [0, 0.1) is 13.8 Å². The fourth-order valence-corrected chi connectivity index (χ4v) is 2.60. The molecule has 106 valence electrons. The molecule has 2 aromatic carbocycles. The normalized spacial score (nSPS) is 12.5. The largest absolute Gasteiger partial charge is 0.379 e. The Labute approximate surface area is 123 Å². The molecule has 0 aromatic heterocycles. The third kappa shape index (κ3) is 3.41. The number of nitrogens with one attached hydrogen (secondary N) is 1. The summed E-state index contributed by atoms with van der Waals surface area (Å²) in [5, 5.41) is 3.58. The first-order valence-corrected chi connectivity index (χ1v) is 7.41. The lowest BCUT2D eigenvalue weighted by Gasteiger charge is -2.19. The smallest absolute Gasteiger partial charge is 0.0488 e. The molecule has 0 aliphatic heterocycles. The van der Waals surface area contributed by atoms with E-state index >= 15 is 0 Å². The van der Waals surface area contributed by atoms with Gasteiger partial charge in [0, 0.05) is 11.7 Å². The summed E-state index contributed by atoms with van der Waals surface area (Å²) in [6.45, 7) is 11.0. The molecule has 0 bridgehead atoms. The van der Waals surface area contributed by atoms with E-state index in [1.165, 1.54) is 27.9 Å². The molecule has 1 unspecified atom stereocenters. The van der Waals surface area contributed by atoms with Crippen LogP contribution in [-0.2, 0) is 0 Å². The number of aryl methyl sites for hydroxylation is 2. The Morgan fingerprint density at radius 2 is 1.50 bits per heavy atom. The predicted molar refractivity (Wildman–Crippen MR) is 88.5 cm³/mol. The Balaban J connectivity index is 2.12. The van der Waals surface area contributed by atoms with Gasteiger partial charge in [-0.1, -0.05) is 49.7 Å². The van der Waals surface area contributed by atoms with Gasteiger partial charge in [0.05, 0.1) is 0 Å². The summed E-state index contributed by atoms with van der Waals surface area (Å²) in [5.41, 5.74) is 6.60. The minimum atomic E-state index is 0.320. The van der Waals surface area contributed by atoms with E-state index < -0.39 is 0 Å². The van der Waals surface area contributed by atoms with Crippen LogP contribution in [-0.4, -0.2) is 0 Å². The average Bonchev–Trinajstić information content (AvgIpc) is 2.39. The molecule has 0 saturated heterocycles. The standard InChI is InChI=1S/C19H25N/c1-13(2)17-7-9-18(10-8-17)20-16(5)19-11-6-14(3)12-15(19)4/h6-13,16,20H,1-5H3. The zero-order valence-electron chi connectivity index (χ0n) is 13.2. The molecule has 0 heterocycles. The van der Waals surface area contributed by atoms with Crippen molar-refractivity contribution in [2.45, 2.75) is 46.6 Å². The molecule has 0 spiro atoms. The zero-order chi connectivity index (χ0) is 14.7. The number of hydrogen-bond donors (Lipinski definition) is 1. The van der Waals surface area contributed by atoms with Gasteiger partial charge in [-0.3, -0.25) is 0 Å². The average molecular weight is 267 g/mol. The van der Waals surface area contributed by atoms with E-state index in [1.807, 2.05) is 0 Å². The first-order chi connectivity index (χ1) is 9.47. The van der Waals surface area contributed by atoms with Crippen molar-refractivity contribution in [1.82, 2.24) is 0 Å². The SMILES string of the molecule is Cc1ccc(C(C)Nc2ccc(C(C)C)cc2)c(C)c1. The van der Waals surface area contributed by atoms with Gasteiger partial charge in [-0.15, -0.1) is 0 Å².